The molecule has 19 heavy (non-hydrogen) atoms. The van der Waals surface area contributed by atoms with E-state index in [1.54, 1.807) is 7.11 Å². The Morgan fingerprint density at radius 3 is 2.89 bits per heavy atom. The Labute approximate surface area is 114 Å². The molecule has 0 aliphatic heterocycles. The summed E-state index contributed by atoms with van der Waals surface area (Å²) in [4.78, 5) is 11.6. The van der Waals surface area contributed by atoms with Crippen molar-refractivity contribution in [3.8, 4) is 5.75 Å². The second-order valence-corrected chi connectivity index (χ2v) is 4.53. The maximum absolute atomic E-state index is 11.6. The van der Waals surface area contributed by atoms with Crippen LogP contribution in [0.1, 0.15) is 18.9 Å². The number of nitrogens with one attached hydrogen (secondary N) is 2. The van der Waals surface area contributed by atoms with Gasteiger partial charge in [0.1, 0.15) is 5.75 Å². The molecule has 0 heterocycles. The molecular formula is C14H22N2O3. The Balaban J connectivity index is 2.29. The van der Waals surface area contributed by atoms with Crippen molar-refractivity contribution in [1.29, 1.82) is 0 Å². The third-order valence-corrected chi connectivity index (χ3v) is 2.82. The molecule has 3 N–H and O–H groups in total. The molecule has 0 radical (unpaired) electrons. The number of ether oxygens (including phenoxy) is 1. The SMILES string of the molecule is COc1cccc(CNC(=O)NCC(C)CCO)c1. The number of hydrogen-bond acceptors (Lipinski definition) is 3. The molecule has 0 bridgehead atoms. The van der Waals surface area contributed by atoms with Gasteiger partial charge in [0, 0.05) is 19.7 Å². The Bertz CT molecular complexity index is 396. The first kappa shape index (κ1) is 15.3. The molecule has 5 heteroatoms. The summed E-state index contributed by atoms with van der Waals surface area (Å²) in [6.45, 7) is 3.15. The average Bonchev–Trinajstić information content (AvgIpc) is 2.43. The van der Waals surface area contributed by atoms with Crippen LogP contribution in [0.15, 0.2) is 24.3 Å². The molecule has 0 aliphatic rings. The molecule has 1 aromatic rings. The molecular weight excluding hydrogens is 244 g/mol. The second kappa shape index (κ2) is 8.37. The molecule has 5 nitrogen and oxygen atoms in total. The van der Waals surface area contributed by atoms with Gasteiger partial charge in [-0.3, -0.25) is 0 Å². The summed E-state index contributed by atoms with van der Waals surface area (Å²) in [6.07, 6.45) is 0.691. The third-order valence-electron chi connectivity index (χ3n) is 2.82. The van der Waals surface area contributed by atoms with Gasteiger partial charge in [0.15, 0.2) is 0 Å². The standard InChI is InChI=1S/C14H22N2O3/c1-11(6-7-17)9-15-14(18)16-10-12-4-3-5-13(8-12)19-2/h3-5,8,11,17H,6-7,9-10H2,1-2H3,(H2,15,16,18). The van der Waals surface area contributed by atoms with Crippen LogP contribution in [-0.2, 0) is 6.54 Å². The van der Waals surface area contributed by atoms with Crippen molar-refractivity contribution in [1.82, 2.24) is 10.6 Å². The lowest BCUT2D eigenvalue weighted by Gasteiger charge is -2.12. The maximum Gasteiger partial charge on any atom is 0.315 e. The maximum atomic E-state index is 11.6. The van der Waals surface area contributed by atoms with Gasteiger partial charge in [-0.15, -0.1) is 0 Å². The van der Waals surface area contributed by atoms with Crippen molar-refractivity contribution < 1.29 is 14.6 Å². The van der Waals surface area contributed by atoms with Crippen molar-refractivity contribution in [2.45, 2.75) is 19.9 Å². The molecule has 0 spiro atoms. The first-order chi connectivity index (χ1) is 9.15. The predicted molar refractivity (Wildman–Crippen MR) is 74.1 cm³/mol. The lowest BCUT2D eigenvalue weighted by Crippen LogP contribution is -2.37. The van der Waals surface area contributed by atoms with E-state index in [1.165, 1.54) is 0 Å². The van der Waals surface area contributed by atoms with E-state index < -0.39 is 0 Å². The van der Waals surface area contributed by atoms with Crippen LogP contribution >= 0.6 is 0 Å². The number of hydrogen-bond donors (Lipinski definition) is 3. The largest absolute Gasteiger partial charge is 0.497 e. The molecule has 0 aliphatic carbocycles. The fourth-order valence-corrected chi connectivity index (χ4v) is 1.62. The summed E-state index contributed by atoms with van der Waals surface area (Å²) in [7, 11) is 1.61. The highest BCUT2D eigenvalue weighted by molar-refractivity contribution is 5.73. The number of methoxy groups -OCH3 is 1. The number of aliphatic hydroxyl groups excluding tert-OH is 1. The monoisotopic (exact) mass is 266 g/mol. The lowest BCUT2D eigenvalue weighted by molar-refractivity contribution is 0.233. The first-order valence-electron chi connectivity index (χ1n) is 6.41. The minimum atomic E-state index is -0.201. The number of aliphatic hydroxyl groups is 1. The predicted octanol–water partition coefficient (Wildman–Crippen LogP) is 1.51. The van der Waals surface area contributed by atoms with E-state index in [2.05, 4.69) is 10.6 Å². The Hall–Kier alpha value is -1.75. The Morgan fingerprint density at radius 2 is 2.21 bits per heavy atom. The summed E-state index contributed by atoms with van der Waals surface area (Å²) < 4.78 is 5.12. The van der Waals surface area contributed by atoms with Crippen molar-refractivity contribution in [3.63, 3.8) is 0 Å². The molecule has 0 saturated carbocycles. The molecule has 0 aromatic heterocycles. The van der Waals surface area contributed by atoms with Crippen LogP contribution < -0.4 is 15.4 Å². The third kappa shape index (κ3) is 6.10. The van der Waals surface area contributed by atoms with Crippen LogP contribution in [0.4, 0.5) is 4.79 Å². The number of amides is 2. The topological polar surface area (TPSA) is 70.6 Å². The van der Waals surface area contributed by atoms with Crippen LogP contribution in [0.3, 0.4) is 0 Å². The zero-order chi connectivity index (χ0) is 14.1. The number of urea groups is 1. The Kier molecular flexibility index (Phi) is 6.74. The van der Waals surface area contributed by atoms with Gasteiger partial charge in [0.25, 0.3) is 0 Å². The van der Waals surface area contributed by atoms with Gasteiger partial charge in [-0.1, -0.05) is 19.1 Å². The molecule has 0 saturated heterocycles. The van der Waals surface area contributed by atoms with E-state index in [1.807, 2.05) is 31.2 Å². The summed E-state index contributed by atoms with van der Waals surface area (Å²) in [6, 6.07) is 7.36. The molecule has 0 fully saturated rings. The van der Waals surface area contributed by atoms with Crippen LogP contribution in [-0.4, -0.2) is 31.4 Å². The lowest BCUT2D eigenvalue weighted by atomic mass is 10.1. The smallest absolute Gasteiger partial charge is 0.315 e. The zero-order valence-corrected chi connectivity index (χ0v) is 11.5. The first-order valence-corrected chi connectivity index (χ1v) is 6.41. The molecule has 2 amide bonds. The molecule has 1 atom stereocenters. The average molecular weight is 266 g/mol. The van der Waals surface area contributed by atoms with Crippen LogP contribution in [0.5, 0.6) is 5.75 Å². The van der Waals surface area contributed by atoms with Crippen molar-refractivity contribution in [3.05, 3.63) is 29.8 Å². The summed E-state index contributed by atoms with van der Waals surface area (Å²) in [5, 5.41) is 14.3. The molecule has 106 valence electrons. The van der Waals surface area contributed by atoms with Crippen molar-refractivity contribution >= 4 is 6.03 Å². The van der Waals surface area contributed by atoms with E-state index in [4.69, 9.17) is 9.84 Å². The minimum Gasteiger partial charge on any atom is -0.497 e. The van der Waals surface area contributed by atoms with Crippen LogP contribution in [0.25, 0.3) is 0 Å². The van der Waals surface area contributed by atoms with E-state index >= 15 is 0 Å². The van der Waals surface area contributed by atoms with Gasteiger partial charge in [-0.05, 0) is 30.0 Å². The van der Waals surface area contributed by atoms with E-state index in [9.17, 15) is 4.79 Å². The Morgan fingerprint density at radius 1 is 1.42 bits per heavy atom. The second-order valence-electron chi connectivity index (χ2n) is 4.53. The number of carbonyl (C=O) groups is 1. The van der Waals surface area contributed by atoms with Crippen LogP contribution in [0, 0.1) is 5.92 Å². The van der Waals surface area contributed by atoms with Gasteiger partial charge >= 0.3 is 6.03 Å². The molecule has 1 aromatic carbocycles. The van der Waals surface area contributed by atoms with Gasteiger partial charge in [0.2, 0.25) is 0 Å². The van der Waals surface area contributed by atoms with Gasteiger partial charge in [-0.2, -0.15) is 0 Å². The fourth-order valence-electron chi connectivity index (χ4n) is 1.62. The van der Waals surface area contributed by atoms with E-state index in [-0.39, 0.29) is 18.6 Å². The zero-order valence-electron chi connectivity index (χ0n) is 11.5. The summed E-state index contributed by atoms with van der Waals surface area (Å²) in [5.74, 6) is 1.05. The quantitative estimate of drug-likeness (QED) is 0.700. The highest BCUT2D eigenvalue weighted by Crippen LogP contribution is 2.11. The van der Waals surface area contributed by atoms with Crippen molar-refractivity contribution in [2.24, 2.45) is 5.92 Å². The molecule has 1 rings (SSSR count). The van der Waals surface area contributed by atoms with E-state index in [0.717, 1.165) is 11.3 Å². The number of rotatable bonds is 7. The highest BCUT2D eigenvalue weighted by atomic mass is 16.5. The number of benzene rings is 1. The summed E-state index contributed by atoms with van der Waals surface area (Å²) in [5.41, 5.74) is 0.984. The van der Waals surface area contributed by atoms with Gasteiger partial charge < -0.3 is 20.5 Å². The summed E-state index contributed by atoms with van der Waals surface area (Å²) >= 11 is 0. The highest BCUT2D eigenvalue weighted by Gasteiger charge is 2.05. The van der Waals surface area contributed by atoms with E-state index in [0.29, 0.717) is 19.5 Å². The van der Waals surface area contributed by atoms with Crippen molar-refractivity contribution in [2.75, 3.05) is 20.3 Å². The molecule has 1 unspecified atom stereocenters. The normalized spacial score (nSPS) is 11.7. The van der Waals surface area contributed by atoms with Crippen LogP contribution in [0.2, 0.25) is 0 Å². The van der Waals surface area contributed by atoms with Gasteiger partial charge in [-0.25, -0.2) is 4.79 Å². The minimum absolute atomic E-state index is 0.147. The number of carbonyl (C=O) groups excluding carboxylic acids is 1. The fraction of sp³-hybridized carbons (Fsp3) is 0.500. The van der Waals surface area contributed by atoms with Gasteiger partial charge in [0.05, 0.1) is 7.11 Å².